The SMILES string of the molecule is CN(c1ncncc1F)C1CN(c2cc(N3CCC(F)(F)CC3)ncn2)C1. The Balaban J connectivity index is 1.39. The third-order valence-corrected chi connectivity index (χ3v) is 5.17. The van der Waals surface area contributed by atoms with E-state index >= 15 is 0 Å². The second-order valence-corrected chi connectivity index (χ2v) is 6.94. The topological polar surface area (TPSA) is 61.3 Å². The van der Waals surface area contributed by atoms with Gasteiger partial charge < -0.3 is 14.7 Å². The highest BCUT2D eigenvalue weighted by atomic mass is 19.3. The first-order valence-electron chi connectivity index (χ1n) is 8.81. The Morgan fingerprint density at radius 3 is 2.37 bits per heavy atom. The van der Waals surface area contributed by atoms with Gasteiger partial charge in [-0.2, -0.15) is 0 Å². The van der Waals surface area contributed by atoms with Crippen LogP contribution >= 0.6 is 0 Å². The number of anilines is 3. The molecule has 10 heteroatoms. The summed E-state index contributed by atoms with van der Waals surface area (Å²) >= 11 is 0. The maximum absolute atomic E-state index is 13.8. The van der Waals surface area contributed by atoms with E-state index in [9.17, 15) is 13.2 Å². The summed E-state index contributed by atoms with van der Waals surface area (Å²) in [5, 5.41) is 0. The number of likely N-dealkylation sites (N-methyl/N-ethyl adjacent to an activating group) is 1. The predicted octanol–water partition coefficient (Wildman–Crippen LogP) is 1.97. The van der Waals surface area contributed by atoms with Crippen LogP contribution < -0.4 is 14.7 Å². The van der Waals surface area contributed by atoms with Crippen LogP contribution in [0.5, 0.6) is 0 Å². The maximum Gasteiger partial charge on any atom is 0.251 e. The molecule has 4 rings (SSSR count). The van der Waals surface area contributed by atoms with Gasteiger partial charge >= 0.3 is 0 Å². The van der Waals surface area contributed by atoms with Crippen molar-refractivity contribution >= 4 is 17.5 Å². The van der Waals surface area contributed by atoms with Crippen LogP contribution in [0.1, 0.15) is 12.8 Å². The zero-order valence-electron chi connectivity index (χ0n) is 14.9. The Kier molecular flexibility index (Phi) is 4.48. The molecule has 2 aliphatic rings. The van der Waals surface area contributed by atoms with Crippen molar-refractivity contribution < 1.29 is 13.2 Å². The second-order valence-electron chi connectivity index (χ2n) is 6.94. The van der Waals surface area contributed by atoms with Crippen LogP contribution in [0.2, 0.25) is 0 Å². The van der Waals surface area contributed by atoms with E-state index in [1.807, 2.05) is 15.9 Å². The first-order chi connectivity index (χ1) is 12.9. The lowest BCUT2D eigenvalue weighted by Crippen LogP contribution is -2.59. The molecule has 0 bridgehead atoms. The van der Waals surface area contributed by atoms with Crippen molar-refractivity contribution in [3.05, 3.63) is 30.7 Å². The summed E-state index contributed by atoms with van der Waals surface area (Å²) in [7, 11) is 1.80. The van der Waals surface area contributed by atoms with Crippen molar-refractivity contribution in [1.82, 2.24) is 19.9 Å². The number of nitrogens with zero attached hydrogens (tertiary/aromatic N) is 7. The van der Waals surface area contributed by atoms with E-state index in [1.54, 1.807) is 11.9 Å². The van der Waals surface area contributed by atoms with Crippen molar-refractivity contribution in [2.24, 2.45) is 0 Å². The second kappa shape index (κ2) is 6.82. The van der Waals surface area contributed by atoms with E-state index < -0.39 is 11.7 Å². The lowest BCUT2D eigenvalue weighted by Gasteiger charge is -2.45. The summed E-state index contributed by atoms with van der Waals surface area (Å²) in [5.74, 6) is -1.37. The van der Waals surface area contributed by atoms with Gasteiger partial charge in [0.05, 0.1) is 12.2 Å². The number of halogens is 3. The molecule has 144 valence electrons. The first-order valence-corrected chi connectivity index (χ1v) is 8.81. The monoisotopic (exact) mass is 379 g/mol. The Morgan fingerprint density at radius 1 is 1.04 bits per heavy atom. The minimum absolute atomic E-state index is 0.0986. The van der Waals surface area contributed by atoms with E-state index in [1.165, 1.54) is 12.7 Å². The zero-order valence-corrected chi connectivity index (χ0v) is 14.9. The summed E-state index contributed by atoms with van der Waals surface area (Å²) in [5.41, 5.74) is 0. The largest absolute Gasteiger partial charge is 0.356 e. The molecular weight excluding hydrogens is 359 g/mol. The van der Waals surface area contributed by atoms with E-state index in [0.717, 1.165) is 12.0 Å². The molecule has 0 saturated carbocycles. The van der Waals surface area contributed by atoms with Crippen molar-refractivity contribution in [3.63, 3.8) is 0 Å². The molecule has 0 radical (unpaired) electrons. The Hall–Kier alpha value is -2.65. The third kappa shape index (κ3) is 3.60. The van der Waals surface area contributed by atoms with Gasteiger partial charge in [0.15, 0.2) is 11.6 Å². The molecule has 0 amide bonds. The normalized spacial score (nSPS) is 19.7. The van der Waals surface area contributed by atoms with Gasteiger partial charge in [0.25, 0.3) is 5.92 Å². The van der Waals surface area contributed by atoms with Gasteiger partial charge in [0.1, 0.15) is 24.3 Å². The van der Waals surface area contributed by atoms with Gasteiger partial charge in [-0.1, -0.05) is 0 Å². The Morgan fingerprint density at radius 2 is 1.70 bits per heavy atom. The van der Waals surface area contributed by atoms with Gasteiger partial charge in [-0.3, -0.25) is 0 Å². The average molecular weight is 379 g/mol. The molecule has 2 aliphatic heterocycles. The van der Waals surface area contributed by atoms with Crippen LogP contribution in [-0.4, -0.2) is 65.1 Å². The van der Waals surface area contributed by atoms with E-state index in [4.69, 9.17) is 0 Å². The lowest BCUT2D eigenvalue weighted by molar-refractivity contribution is -0.0221. The molecule has 0 aromatic carbocycles. The van der Waals surface area contributed by atoms with Gasteiger partial charge in [0.2, 0.25) is 0 Å². The number of hydrogen-bond acceptors (Lipinski definition) is 7. The number of piperidine rings is 1. The molecule has 2 fully saturated rings. The minimum Gasteiger partial charge on any atom is -0.356 e. The number of alkyl halides is 2. The molecule has 4 heterocycles. The molecule has 2 saturated heterocycles. The average Bonchev–Trinajstić information content (AvgIpc) is 2.61. The number of rotatable bonds is 4. The summed E-state index contributed by atoms with van der Waals surface area (Å²) < 4.78 is 40.5. The number of hydrogen-bond donors (Lipinski definition) is 0. The fourth-order valence-corrected chi connectivity index (χ4v) is 3.37. The summed E-state index contributed by atoms with van der Waals surface area (Å²) in [6.07, 6.45) is 3.61. The fraction of sp³-hybridized carbons (Fsp3) is 0.529. The molecule has 0 unspecified atom stereocenters. The molecule has 2 aromatic rings. The lowest BCUT2D eigenvalue weighted by atomic mass is 10.1. The van der Waals surface area contributed by atoms with Crippen LogP contribution in [0.4, 0.5) is 30.6 Å². The van der Waals surface area contributed by atoms with Gasteiger partial charge in [-0.05, 0) is 0 Å². The fourth-order valence-electron chi connectivity index (χ4n) is 3.37. The van der Waals surface area contributed by atoms with E-state index in [2.05, 4.69) is 19.9 Å². The van der Waals surface area contributed by atoms with Gasteiger partial charge in [-0.15, -0.1) is 0 Å². The first kappa shape index (κ1) is 17.7. The quantitative estimate of drug-likeness (QED) is 0.805. The van der Waals surface area contributed by atoms with Crippen LogP contribution in [0.3, 0.4) is 0 Å². The standard InChI is InChI=1S/C17H20F3N7/c1-25(16-13(18)7-21-10-24-16)12-8-27(9-12)15-6-14(22-11-23-15)26-4-2-17(19,20)3-5-26/h6-7,10-12H,2-5,8-9H2,1H3. The molecule has 0 spiro atoms. The highest BCUT2D eigenvalue weighted by Gasteiger charge is 2.35. The molecule has 2 aromatic heterocycles. The van der Waals surface area contributed by atoms with Crippen LogP contribution in [0.15, 0.2) is 24.9 Å². The van der Waals surface area contributed by atoms with E-state index in [-0.39, 0.29) is 37.8 Å². The zero-order chi connectivity index (χ0) is 19.0. The van der Waals surface area contributed by atoms with Crippen LogP contribution in [0, 0.1) is 5.82 Å². The van der Waals surface area contributed by atoms with Crippen molar-refractivity contribution in [1.29, 1.82) is 0 Å². The minimum atomic E-state index is -2.59. The molecule has 0 N–H and O–H groups in total. The predicted molar refractivity (Wildman–Crippen MR) is 94.8 cm³/mol. The van der Waals surface area contributed by atoms with Crippen LogP contribution in [-0.2, 0) is 0 Å². The third-order valence-electron chi connectivity index (χ3n) is 5.17. The molecule has 27 heavy (non-hydrogen) atoms. The Labute approximate surface area is 154 Å². The highest BCUT2D eigenvalue weighted by Crippen LogP contribution is 2.31. The molecule has 7 nitrogen and oxygen atoms in total. The molecular formula is C17H20F3N7. The van der Waals surface area contributed by atoms with E-state index in [0.29, 0.717) is 18.9 Å². The number of aromatic nitrogens is 4. The summed E-state index contributed by atoms with van der Waals surface area (Å²) in [4.78, 5) is 21.9. The van der Waals surface area contributed by atoms with Crippen molar-refractivity contribution in [3.8, 4) is 0 Å². The van der Waals surface area contributed by atoms with Gasteiger partial charge in [0, 0.05) is 52.1 Å². The van der Waals surface area contributed by atoms with Crippen LogP contribution in [0.25, 0.3) is 0 Å². The van der Waals surface area contributed by atoms with Gasteiger partial charge in [-0.25, -0.2) is 33.1 Å². The summed E-state index contributed by atoms with van der Waals surface area (Å²) in [6.45, 7) is 1.88. The molecule has 0 aliphatic carbocycles. The van der Waals surface area contributed by atoms with Crippen molar-refractivity contribution in [2.45, 2.75) is 24.8 Å². The summed E-state index contributed by atoms with van der Waals surface area (Å²) in [6, 6.07) is 1.92. The molecule has 0 atom stereocenters. The van der Waals surface area contributed by atoms with Crippen molar-refractivity contribution in [2.75, 3.05) is 47.9 Å². The maximum atomic E-state index is 13.8. The Bertz CT molecular complexity index is 803. The smallest absolute Gasteiger partial charge is 0.251 e. The highest BCUT2D eigenvalue weighted by molar-refractivity contribution is 5.54.